The molecule has 13 heavy (non-hydrogen) atoms. The molecule has 78 valence electrons. The summed E-state index contributed by atoms with van der Waals surface area (Å²) in [6, 6.07) is -0.402. The summed E-state index contributed by atoms with van der Waals surface area (Å²) in [7, 11) is -1.65. The number of carbonyl (C=O) groups is 1. The van der Waals surface area contributed by atoms with Gasteiger partial charge in [0.25, 0.3) is 0 Å². The monoisotopic (exact) mass is 203 g/mol. The average Bonchev–Trinajstić information content (AvgIpc) is 1.98. The molecule has 0 spiro atoms. The largest absolute Gasteiger partial charge is 0.394 e. The Morgan fingerprint density at radius 2 is 1.92 bits per heavy atom. The van der Waals surface area contributed by atoms with E-state index < -0.39 is 14.3 Å². The third kappa shape index (κ3) is 3.58. The second-order valence-corrected chi connectivity index (χ2v) is 9.98. The van der Waals surface area contributed by atoms with E-state index in [0.29, 0.717) is 0 Å². The molecule has 0 aliphatic heterocycles. The molecule has 0 saturated heterocycles. The van der Waals surface area contributed by atoms with Gasteiger partial charge in [-0.3, -0.25) is 0 Å². The molecule has 0 fully saturated rings. The Morgan fingerprint density at radius 1 is 1.46 bits per heavy atom. The number of nitrogens with one attached hydrogen (secondary N) is 1. The summed E-state index contributed by atoms with van der Waals surface area (Å²) in [5.41, 5.74) is 0. The van der Waals surface area contributed by atoms with Crippen LogP contribution in [0.2, 0.25) is 18.1 Å². The molecule has 0 radical (unpaired) electrons. The molecule has 0 amide bonds. The minimum atomic E-state index is -1.65. The van der Waals surface area contributed by atoms with E-state index in [-0.39, 0.29) is 11.6 Å². The van der Waals surface area contributed by atoms with Crippen molar-refractivity contribution in [2.75, 3.05) is 6.61 Å². The highest BCUT2D eigenvalue weighted by atomic mass is 28.3. The SMILES string of the molecule is CC(C)(C)[Si](C)(C)N[C@H](C=O)CO. The molecule has 0 rings (SSSR count). The van der Waals surface area contributed by atoms with Gasteiger partial charge in [0.1, 0.15) is 14.5 Å². The molecular weight excluding hydrogens is 182 g/mol. The van der Waals surface area contributed by atoms with Gasteiger partial charge in [0.2, 0.25) is 0 Å². The van der Waals surface area contributed by atoms with Crippen molar-refractivity contribution in [3.05, 3.63) is 0 Å². The zero-order valence-corrected chi connectivity index (χ0v) is 10.2. The second-order valence-electron chi connectivity index (χ2n) is 4.94. The van der Waals surface area contributed by atoms with E-state index >= 15 is 0 Å². The lowest BCUT2D eigenvalue weighted by Crippen LogP contribution is -2.57. The average molecular weight is 203 g/mol. The van der Waals surface area contributed by atoms with Crippen molar-refractivity contribution in [1.29, 1.82) is 0 Å². The van der Waals surface area contributed by atoms with Crippen LogP contribution in [0.5, 0.6) is 0 Å². The Hall–Kier alpha value is -0.193. The van der Waals surface area contributed by atoms with Gasteiger partial charge in [-0.05, 0) is 5.04 Å². The van der Waals surface area contributed by atoms with Crippen LogP contribution in [-0.4, -0.2) is 32.3 Å². The molecular formula is C9H21NO2Si. The van der Waals surface area contributed by atoms with Gasteiger partial charge in [-0.1, -0.05) is 33.9 Å². The van der Waals surface area contributed by atoms with E-state index in [9.17, 15) is 4.79 Å². The number of aliphatic hydroxyl groups excluding tert-OH is 1. The molecule has 0 heterocycles. The third-order valence-corrected chi connectivity index (χ3v) is 7.62. The van der Waals surface area contributed by atoms with Crippen LogP contribution < -0.4 is 4.98 Å². The van der Waals surface area contributed by atoms with E-state index in [1.165, 1.54) is 0 Å². The maximum atomic E-state index is 10.5. The predicted molar refractivity (Wildman–Crippen MR) is 57.3 cm³/mol. The third-order valence-electron chi connectivity index (χ3n) is 2.78. The Bertz CT molecular complexity index is 175. The molecule has 0 bridgehead atoms. The van der Waals surface area contributed by atoms with Crippen LogP contribution in [0.1, 0.15) is 20.8 Å². The second kappa shape index (κ2) is 4.35. The Morgan fingerprint density at radius 3 is 2.15 bits per heavy atom. The number of aliphatic hydroxyl groups is 1. The Labute approximate surface area is 81.6 Å². The lowest BCUT2D eigenvalue weighted by atomic mass is 10.2. The first-order chi connectivity index (χ1) is 5.74. The summed E-state index contributed by atoms with van der Waals surface area (Å²) >= 11 is 0. The molecule has 1 atom stereocenters. The highest BCUT2D eigenvalue weighted by Crippen LogP contribution is 2.33. The highest BCUT2D eigenvalue weighted by Gasteiger charge is 2.36. The fourth-order valence-electron chi connectivity index (χ4n) is 0.803. The van der Waals surface area contributed by atoms with Crippen molar-refractivity contribution in [2.24, 2.45) is 0 Å². The van der Waals surface area contributed by atoms with Crippen molar-refractivity contribution in [2.45, 2.75) is 44.9 Å². The quantitative estimate of drug-likeness (QED) is 0.532. The summed E-state index contributed by atoms with van der Waals surface area (Å²) in [5.74, 6) is 0. The maximum absolute atomic E-state index is 10.5. The van der Waals surface area contributed by atoms with Crippen molar-refractivity contribution < 1.29 is 9.90 Å². The number of hydrogen-bond donors (Lipinski definition) is 2. The van der Waals surface area contributed by atoms with E-state index in [2.05, 4.69) is 38.8 Å². The summed E-state index contributed by atoms with van der Waals surface area (Å²) in [5, 5.41) is 9.07. The highest BCUT2D eigenvalue weighted by molar-refractivity contribution is 6.78. The molecule has 0 unspecified atom stereocenters. The first-order valence-electron chi connectivity index (χ1n) is 4.58. The minimum Gasteiger partial charge on any atom is -0.394 e. The minimum absolute atomic E-state index is 0.115. The Kier molecular flexibility index (Phi) is 4.28. The van der Waals surface area contributed by atoms with Gasteiger partial charge in [-0.25, -0.2) is 0 Å². The first-order valence-corrected chi connectivity index (χ1v) is 7.58. The van der Waals surface area contributed by atoms with E-state index in [1.807, 2.05) is 0 Å². The zero-order valence-electron chi connectivity index (χ0n) is 9.22. The van der Waals surface area contributed by atoms with Crippen LogP contribution in [0.25, 0.3) is 0 Å². The van der Waals surface area contributed by atoms with Gasteiger partial charge in [0.15, 0.2) is 0 Å². The lowest BCUT2D eigenvalue weighted by molar-refractivity contribution is -0.110. The van der Waals surface area contributed by atoms with Crippen LogP contribution in [0.3, 0.4) is 0 Å². The van der Waals surface area contributed by atoms with E-state index in [0.717, 1.165) is 6.29 Å². The van der Waals surface area contributed by atoms with Gasteiger partial charge in [-0.15, -0.1) is 0 Å². The fourth-order valence-corrected chi connectivity index (χ4v) is 2.32. The number of aldehydes is 1. The van der Waals surface area contributed by atoms with Crippen LogP contribution in [0.4, 0.5) is 0 Å². The number of carbonyl (C=O) groups excluding carboxylic acids is 1. The predicted octanol–water partition coefficient (Wildman–Crippen LogP) is 1.14. The van der Waals surface area contributed by atoms with Crippen LogP contribution in [0, 0.1) is 0 Å². The molecule has 3 nitrogen and oxygen atoms in total. The molecule has 4 heteroatoms. The summed E-state index contributed by atoms with van der Waals surface area (Å²) in [6.07, 6.45) is 0.778. The summed E-state index contributed by atoms with van der Waals surface area (Å²) in [6.45, 7) is 10.7. The van der Waals surface area contributed by atoms with Crippen molar-refractivity contribution in [1.82, 2.24) is 4.98 Å². The van der Waals surface area contributed by atoms with Crippen molar-refractivity contribution in [3.8, 4) is 0 Å². The van der Waals surface area contributed by atoms with E-state index in [4.69, 9.17) is 5.11 Å². The number of hydrogen-bond acceptors (Lipinski definition) is 3. The normalized spacial score (nSPS) is 15.5. The molecule has 0 aromatic carbocycles. The number of rotatable bonds is 4. The van der Waals surface area contributed by atoms with Gasteiger partial charge in [0, 0.05) is 0 Å². The lowest BCUT2D eigenvalue weighted by Gasteiger charge is -2.38. The van der Waals surface area contributed by atoms with Gasteiger partial charge < -0.3 is 14.9 Å². The molecule has 0 aliphatic carbocycles. The van der Waals surface area contributed by atoms with Crippen LogP contribution >= 0.6 is 0 Å². The van der Waals surface area contributed by atoms with Crippen molar-refractivity contribution >= 4 is 14.5 Å². The molecule has 0 aromatic rings. The maximum Gasteiger partial charge on any atom is 0.138 e. The smallest absolute Gasteiger partial charge is 0.138 e. The summed E-state index contributed by atoms with van der Waals surface area (Å²) in [4.78, 5) is 13.8. The molecule has 0 aromatic heterocycles. The summed E-state index contributed by atoms with van der Waals surface area (Å²) < 4.78 is 0. The molecule has 0 saturated carbocycles. The zero-order chi connectivity index (χ0) is 10.7. The fraction of sp³-hybridized carbons (Fsp3) is 0.889. The first kappa shape index (κ1) is 12.8. The van der Waals surface area contributed by atoms with Gasteiger partial charge in [-0.2, -0.15) is 0 Å². The van der Waals surface area contributed by atoms with Crippen molar-refractivity contribution in [3.63, 3.8) is 0 Å². The molecule has 0 aliphatic rings. The van der Waals surface area contributed by atoms with Gasteiger partial charge in [0.05, 0.1) is 12.6 Å². The topological polar surface area (TPSA) is 49.3 Å². The standard InChI is InChI=1S/C9H21NO2Si/c1-9(2,3)13(4,5)10-8(6-11)7-12/h6,8,10,12H,7H2,1-5H3/t8-/m1/s1. The van der Waals surface area contributed by atoms with Crippen LogP contribution in [0.15, 0.2) is 0 Å². The Balaban J connectivity index is 4.40. The van der Waals surface area contributed by atoms with Gasteiger partial charge >= 0.3 is 0 Å². The van der Waals surface area contributed by atoms with Crippen LogP contribution in [-0.2, 0) is 4.79 Å². The van der Waals surface area contributed by atoms with E-state index in [1.54, 1.807) is 0 Å². The molecule has 2 N–H and O–H groups in total.